The molecule has 0 bridgehead atoms. The summed E-state index contributed by atoms with van der Waals surface area (Å²) in [7, 11) is 0. The first-order valence-electron chi connectivity index (χ1n) is 5.41. The van der Waals surface area contributed by atoms with Gasteiger partial charge in [-0.15, -0.1) is 11.3 Å². The molecular formula is C12H9FN4O2S. The van der Waals surface area contributed by atoms with Gasteiger partial charge in [-0.05, 0) is 18.2 Å². The van der Waals surface area contributed by atoms with E-state index in [2.05, 4.69) is 10.3 Å². The van der Waals surface area contributed by atoms with E-state index in [-0.39, 0.29) is 11.3 Å². The second kappa shape index (κ2) is 5.64. The number of anilines is 2. The van der Waals surface area contributed by atoms with Crippen molar-refractivity contribution >= 4 is 28.1 Å². The highest BCUT2D eigenvalue weighted by Crippen LogP contribution is 2.24. The number of nitrogens with two attached hydrogens (primary N) is 1. The minimum absolute atomic E-state index is 0.0889. The Bertz CT molecular complexity index is 695. The van der Waals surface area contributed by atoms with Crippen LogP contribution in [0.25, 0.3) is 0 Å². The highest BCUT2D eigenvalue weighted by Gasteiger charge is 2.17. The number of carboxylic acid groups (broad SMARTS) is 1. The Kier molecular flexibility index (Phi) is 3.93. The van der Waals surface area contributed by atoms with Crippen LogP contribution in [-0.4, -0.2) is 16.1 Å². The predicted molar refractivity (Wildman–Crippen MR) is 71.1 cm³/mol. The zero-order valence-corrected chi connectivity index (χ0v) is 10.8. The lowest BCUT2D eigenvalue weighted by Crippen LogP contribution is -2.20. The Hall–Kier alpha value is -2.50. The molecule has 8 heteroatoms. The van der Waals surface area contributed by atoms with Crippen LogP contribution >= 0.6 is 11.3 Å². The molecule has 1 unspecified atom stereocenters. The SMILES string of the molecule is N#Cc1cc(Nc2nc(C(N)C(=O)O)cs2)ccc1F. The van der Waals surface area contributed by atoms with E-state index in [1.807, 2.05) is 0 Å². The maximum atomic E-state index is 13.2. The monoisotopic (exact) mass is 292 g/mol. The van der Waals surface area contributed by atoms with Crippen molar-refractivity contribution < 1.29 is 14.3 Å². The number of thiazole rings is 1. The van der Waals surface area contributed by atoms with Crippen LogP contribution in [0.1, 0.15) is 17.3 Å². The number of hydrogen-bond donors (Lipinski definition) is 3. The van der Waals surface area contributed by atoms with Crippen LogP contribution in [0.3, 0.4) is 0 Å². The van der Waals surface area contributed by atoms with Crippen LogP contribution in [0.5, 0.6) is 0 Å². The minimum atomic E-state index is -1.19. The predicted octanol–water partition coefficient (Wildman–Crippen LogP) is 1.98. The molecule has 0 aliphatic carbocycles. The van der Waals surface area contributed by atoms with Crippen LogP contribution in [-0.2, 0) is 4.79 Å². The molecule has 2 aromatic rings. The Morgan fingerprint density at radius 3 is 3.00 bits per heavy atom. The van der Waals surface area contributed by atoms with E-state index < -0.39 is 17.8 Å². The molecule has 0 fully saturated rings. The number of nitriles is 1. The summed E-state index contributed by atoms with van der Waals surface area (Å²) in [4.78, 5) is 14.8. The lowest BCUT2D eigenvalue weighted by molar-refractivity contribution is -0.138. The molecule has 4 N–H and O–H groups in total. The lowest BCUT2D eigenvalue weighted by Gasteiger charge is -2.04. The Balaban J connectivity index is 2.19. The van der Waals surface area contributed by atoms with Gasteiger partial charge in [0.05, 0.1) is 11.3 Å². The number of carboxylic acids is 1. The summed E-state index contributed by atoms with van der Waals surface area (Å²) >= 11 is 1.17. The van der Waals surface area contributed by atoms with E-state index in [4.69, 9.17) is 16.1 Å². The third-order valence-corrected chi connectivity index (χ3v) is 3.22. The average molecular weight is 292 g/mol. The second-order valence-electron chi connectivity index (χ2n) is 3.82. The van der Waals surface area contributed by atoms with E-state index in [0.29, 0.717) is 10.8 Å². The van der Waals surface area contributed by atoms with Crippen molar-refractivity contribution in [3.8, 4) is 6.07 Å². The number of benzene rings is 1. The fraction of sp³-hybridized carbons (Fsp3) is 0.0833. The van der Waals surface area contributed by atoms with Crippen molar-refractivity contribution in [2.75, 3.05) is 5.32 Å². The van der Waals surface area contributed by atoms with Gasteiger partial charge in [0.2, 0.25) is 0 Å². The van der Waals surface area contributed by atoms with E-state index in [9.17, 15) is 9.18 Å². The van der Waals surface area contributed by atoms with Crippen molar-refractivity contribution in [1.82, 2.24) is 4.98 Å². The summed E-state index contributed by atoms with van der Waals surface area (Å²) in [6, 6.07) is 4.50. The maximum Gasteiger partial charge on any atom is 0.326 e. The number of nitrogens with one attached hydrogen (secondary N) is 1. The molecule has 2 rings (SSSR count). The molecule has 0 aliphatic rings. The molecule has 20 heavy (non-hydrogen) atoms. The lowest BCUT2D eigenvalue weighted by atomic mass is 10.2. The molecule has 0 spiro atoms. The topological polar surface area (TPSA) is 112 Å². The zero-order chi connectivity index (χ0) is 14.7. The van der Waals surface area contributed by atoms with Crippen LogP contribution in [0.15, 0.2) is 23.6 Å². The third kappa shape index (κ3) is 2.90. The van der Waals surface area contributed by atoms with Gasteiger partial charge in [-0.2, -0.15) is 5.26 Å². The Labute approximate surface area is 117 Å². The highest BCUT2D eigenvalue weighted by atomic mass is 32.1. The van der Waals surface area contributed by atoms with Crippen LogP contribution in [0, 0.1) is 17.1 Å². The highest BCUT2D eigenvalue weighted by molar-refractivity contribution is 7.13. The van der Waals surface area contributed by atoms with Crippen molar-refractivity contribution in [2.45, 2.75) is 6.04 Å². The number of aliphatic carboxylic acids is 1. The quantitative estimate of drug-likeness (QED) is 0.794. The van der Waals surface area contributed by atoms with Gasteiger partial charge in [0, 0.05) is 11.1 Å². The molecule has 1 aromatic heterocycles. The number of nitrogens with zero attached hydrogens (tertiary/aromatic N) is 2. The summed E-state index contributed by atoms with van der Waals surface area (Å²) in [6.07, 6.45) is 0. The van der Waals surface area contributed by atoms with Gasteiger partial charge in [-0.3, -0.25) is 4.79 Å². The van der Waals surface area contributed by atoms with Crippen molar-refractivity contribution in [3.05, 3.63) is 40.7 Å². The first kappa shape index (κ1) is 13.9. The molecule has 102 valence electrons. The molecule has 0 amide bonds. The van der Waals surface area contributed by atoms with E-state index in [0.717, 1.165) is 0 Å². The molecular weight excluding hydrogens is 283 g/mol. The van der Waals surface area contributed by atoms with Crippen LogP contribution in [0.4, 0.5) is 15.2 Å². The van der Waals surface area contributed by atoms with Gasteiger partial charge >= 0.3 is 5.97 Å². The van der Waals surface area contributed by atoms with E-state index >= 15 is 0 Å². The smallest absolute Gasteiger partial charge is 0.326 e. The van der Waals surface area contributed by atoms with Crippen LogP contribution in [0.2, 0.25) is 0 Å². The number of hydrogen-bond acceptors (Lipinski definition) is 6. The van der Waals surface area contributed by atoms with E-state index in [1.165, 1.54) is 34.9 Å². The molecule has 1 atom stereocenters. The van der Waals surface area contributed by atoms with E-state index in [1.54, 1.807) is 6.07 Å². The maximum absolute atomic E-state index is 13.2. The third-order valence-electron chi connectivity index (χ3n) is 2.44. The molecule has 1 aromatic carbocycles. The minimum Gasteiger partial charge on any atom is -0.480 e. The Morgan fingerprint density at radius 2 is 2.35 bits per heavy atom. The van der Waals surface area contributed by atoms with Crippen molar-refractivity contribution in [2.24, 2.45) is 5.73 Å². The first-order valence-corrected chi connectivity index (χ1v) is 6.29. The van der Waals surface area contributed by atoms with Gasteiger partial charge in [0.1, 0.15) is 17.9 Å². The summed E-state index contributed by atoms with van der Waals surface area (Å²) < 4.78 is 13.2. The second-order valence-corrected chi connectivity index (χ2v) is 4.68. The van der Waals surface area contributed by atoms with Crippen LogP contribution < -0.4 is 11.1 Å². The number of rotatable bonds is 4. The summed E-state index contributed by atoms with van der Waals surface area (Å²) in [5, 5.41) is 22.3. The summed E-state index contributed by atoms with van der Waals surface area (Å²) in [5.41, 5.74) is 6.05. The van der Waals surface area contributed by atoms with Gasteiger partial charge in [-0.25, -0.2) is 9.37 Å². The summed E-state index contributed by atoms with van der Waals surface area (Å²) in [5.74, 6) is -1.78. The standard InChI is InChI=1S/C12H9FN4O2S/c13-8-2-1-7(3-6(8)4-14)16-12-17-9(5-20-12)10(15)11(18)19/h1-3,5,10H,15H2,(H,16,17)(H,18,19). The first-order chi connectivity index (χ1) is 9.51. The van der Waals surface area contributed by atoms with Gasteiger partial charge in [0.15, 0.2) is 5.13 Å². The normalized spacial score (nSPS) is 11.7. The molecule has 0 radical (unpaired) electrons. The Morgan fingerprint density at radius 1 is 1.60 bits per heavy atom. The number of halogens is 1. The zero-order valence-electron chi connectivity index (χ0n) is 10.0. The molecule has 0 aliphatic heterocycles. The summed E-state index contributed by atoms with van der Waals surface area (Å²) in [6.45, 7) is 0. The average Bonchev–Trinajstić information content (AvgIpc) is 2.88. The van der Waals surface area contributed by atoms with Crippen molar-refractivity contribution in [3.63, 3.8) is 0 Å². The van der Waals surface area contributed by atoms with Gasteiger partial charge < -0.3 is 16.2 Å². The largest absolute Gasteiger partial charge is 0.480 e. The number of aromatic nitrogens is 1. The fourth-order valence-corrected chi connectivity index (χ4v) is 2.19. The molecule has 6 nitrogen and oxygen atoms in total. The van der Waals surface area contributed by atoms with Crippen molar-refractivity contribution in [1.29, 1.82) is 5.26 Å². The number of carbonyl (C=O) groups is 1. The van der Waals surface area contributed by atoms with Gasteiger partial charge in [-0.1, -0.05) is 0 Å². The molecule has 1 heterocycles. The fourth-order valence-electron chi connectivity index (χ4n) is 1.43. The van der Waals surface area contributed by atoms with Gasteiger partial charge in [0.25, 0.3) is 0 Å². The molecule has 0 saturated carbocycles. The molecule has 0 saturated heterocycles.